The molecule has 2 saturated carbocycles. The fourth-order valence-electron chi connectivity index (χ4n) is 3.73. The molecule has 0 spiro atoms. The van der Waals surface area contributed by atoms with Crippen LogP contribution in [-0.4, -0.2) is 36.6 Å². The van der Waals surface area contributed by atoms with Crippen molar-refractivity contribution in [1.29, 1.82) is 0 Å². The molecule has 0 radical (unpaired) electrons. The summed E-state index contributed by atoms with van der Waals surface area (Å²) in [6, 6.07) is 0. The largest absolute Gasteiger partial charge is 0.378 e. The van der Waals surface area contributed by atoms with E-state index in [4.69, 9.17) is 15.2 Å². The second-order valence-corrected chi connectivity index (χ2v) is 7.97. The second-order valence-electron chi connectivity index (χ2n) is 7.97. The first-order chi connectivity index (χ1) is 13.4. The fourth-order valence-corrected chi connectivity index (χ4v) is 3.73. The van der Waals surface area contributed by atoms with Gasteiger partial charge in [0.1, 0.15) is 5.78 Å². The second kappa shape index (κ2) is 17.0. The fraction of sp³-hybridized carbons (Fsp3) is 0.913. The van der Waals surface area contributed by atoms with E-state index >= 15 is 0 Å². The summed E-state index contributed by atoms with van der Waals surface area (Å²) in [6.07, 6.45) is 12.7. The summed E-state index contributed by atoms with van der Waals surface area (Å²) in [5.74, 6) is 0.566. The predicted molar refractivity (Wildman–Crippen MR) is 117 cm³/mol. The lowest BCUT2D eigenvalue weighted by Crippen LogP contribution is -2.28. The van der Waals surface area contributed by atoms with E-state index in [2.05, 4.69) is 13.8 Å². The Hall–Kier alpha value is -0.940. The van der Waals surface area contributed by atoms with Crippen LogP contribution in [0, 0.1) is 5.92 Å². The smallest absolute Gasteiger partial charge is 0.217 e. The summed E-state index contributed by atoms with van der Waals surface area (Å²) in [4.78, 5) is 21.3. The molecule has 5 nitrogen and oxygen atoms in total. The molecule has 2 N–H and O–H groups in total. The Labute approximate surface area is 174 Å². The van der Waals surface area contributed by atoms with Gasteiger partial charge in [-0.1, -0.05) is 33.1 Å². The van der Waals surface area contributed by atoms with Gasteiger partial charge in [0.25, 0.3) is 0 Å². The molecule has 0 saturated heterocycles. The quantitative estimate of drug-likeness (QED) is 0.550. The van der Waals surface area contributed by atoms with Crippen molar-refractivity contribution in [3.05, 3.63) is 0 Å². The average molecular weight is 402 g/mol. The van der Waals surface area contributed by atoms with E-state index in [9.17, 15) is 9.59 Å². The molecular weight excluding hydrogens is 354 g/mol. The van der Waals surface area contributed by atoms with Crippen LogP contribution in [0.4, 0.5) is 0 Å². The highest BCUT2D eigenvalue weighted by Crippen LogP contribution is 2.25. The monoisotopic (exact) mass is 401 g/mol. The van der Waals surface area contributed by atoms with Gasteiger partial charge < -0.3 is 15.2 Å². The molecule has 1 amide bonds. The minimum absolute atomic E-state index is 0. The third kappa shape index (κ3) is 14.1. The minimum atomic E-state index is -0.248. The minimum Gasteiger partial charge on any atom is -0.378 e. The highest BCUT2D eigenvalue weighted by atomic mass is 16.5. The maximum Gasteiger partial charge on any atom is 0.217 e. The lowest BCUT2D eigenvalue weighted by Gasteiger charge is -2.29. The summed E-state index contributed by atoms with van der Waals surface area (Å²) in [5.41, 5.74) is 5.07. The Bertz CT molecular complexity index is 404. The Morgan fingerprint density at radius 2 is 1.50 bits per heavy atom. The Morgan fingerprint density at radius 3 is 1.93 bits per heavy atom. The van der Waals surface area contributed by atoms with Gasteiger partial charge in [-0.05, 0) is 65.7 Å². The molecule has 2 fully saturated rings. The van der Waals surface area contributed by atoms with Gasteiger partial charge in [-0.3, -0.25) is 9.59 Å². The number of ether oxygens (including phenoxy) is 2. The number of amides is 1. The number of nitrogens with two attached hydrogens (primary N) is 1. The van der Waals surface area contributed by atoms with E-state index in [1.165, 1.54) is 19.3 Å². The lowest BCUT2D eigenvalue weighted by molar-refractivity contribution is -0.121. The topological polar surface area (TPSA) is 78.6 Å². The van der Waals surface area contributed by atoms with Crippen LogP contribution >= 0.6 is 0 Å². The van der Waals surface area contributed by atoms with Gasteiger partial charge >= 0.3 is 0 Å². The van der Waals surface area contributed by atoms with Crippen molar-refractivity contribution < 1.29 is 20.5 Å². The maximum absolute atomic E-state index is 10.8. The standard InChI is InChI=1S/C13H25NO3.C8H14O.C2H6.H2/c1-10(2)17-12-7-5-11(6-8-12)16-9-3-4-13(14)15;1-7(9)8-5-3-2-4-6-8;1-2;/h10-12H,3-9H2,1-2H3,(H2,14,15);8H,2-6H2,1H3;1-2H3;1H. The average Bonchev–Trinajstić information content (AvgIpc) is 2.69. The number of Topliss-reactive ketones (excluding diaryl/α,β-unsaturated/α-hetero) is 1. The van der Waals surface area contributed by atoms with Gasteiger partial charge in [0.15, 0.2) is 0 Å². The predicted octanol–water partition coefficient (Wildman–Crippen LogP) is 5.43. The van der Waals surface area contributed by atoms with Crippen LogP contribution in [0.25, 0.3) is 0 Å². The van der Waals surface area contributed by atoms with Crippen molar-refractivity contribution in [2.24, 2.45) is 11.7 Å². The molecule has 0 aromatic heterocycles. The zero-order valence-corrected chi connectivity index (χ0v) is 19.0. The number of carbonyl (C=O) groups is 2. The van der Waals surface area contributed by atoms with E-state index in [0.29, 0.717) is 43.0 Å². The first-order valence-electron chi connectivity index (χ1n) is 11.4. The molecule has 0 aromatic carbocycles. The van der Waals surface area contributed by atoms with Crippen molar-refractivity contribution in [3.8, 4) is 0 Å². The number of ketones is 1. The zero-order valence-electron chi connectivity index (χ0n) is 19.0. The van der Waals surface area contributed by atoms with Gasteiger partial charge in [0.2, 0.25) is 5.91 Å². The summed E-state index contributed by atoms with van der Waals surface area (Å²) in [7, 11) is 0. The van der Waals surface area contributed by atoms with Gasteiger partial charge in [-0.15, -0.1) is 0 Å². The zero-order chi connectivity index (χ0) is 21.4. The molecule has 2 rings (SSSR count). The van der Waals surface area contributed by atoms with E-state index in [1.54, 1.807) is 6.92 Å². The molecule has 168 valence electrons. The SMILES string of the molecule is CC.CC(=O)C1CCCCC1.CC(C)OC1CCC(OCCCC(N)=O)CC1.[HH]. The van der Waals surface area contributed by atoms with Gasteiger partial charge in [-0.2, -0.15) is 0 Å². The van der Waals surface area contributed by atoms with Crippen molar-refractivity contribution in [2.45, 2.75) is 124 Å². The van der Waals surface area contributed by atoms with Crippen molar-refractivity contribution in [3.63, 3.8) is 0 Å². The number of hydrogen-bond donors (Lipinski definition) is 1. The molecular formula is C23H47NO4. The summed E-state index contributed by atoms with van der Waals surface area (Å²) in [6.45, 7) is 10.5. The van der Waals surface area contributed by atoms with Crippen molar-refractivity contribution >= 4 is 11.7 Å². The molecule has 0 aliphatic heterocycles. The van der Waals surface area contributed by atoms with Crippen LogP contribution in [0.1, 0.15) is 107 Å². The number of rotatable bonds is 8. The van der Waals surface area contributed by atoms with Crippen molar-refractivity contribution in [2.75, 3.05) is 6.61 Å². The number of hydrogen-bond acceptors (Lipinski definition) is 4. The van der Waals surface area contributed by atoms with Crippen LogP contribution in [0.15, 0.2) is 0 Å². The maximum atomic E-state index is 10.8. The third-order valence-corrected chi connectivity index (χ3v) is 5.19. The van der Waals surface area contributed by atoms with Gasteiger partial charge in [0, 0.05) is 20.4 Å². The molecule has 2 aliphatic rings. The number of primary amides is 1. The molecule has 5 heteroatoms. The summed E-state index contributed by atoms with van der Waals surface area (Å²) in [5, 5.41) is 0. The van der Waals surface area contributed by atoms with Crippen molar-refractivity contribution in [1.82, 2.24) is 0 Å². The Balaban J connectivity index is 0. The van der Waals surface area contributed by atoms with E-state index < -0.39 is 0 Å². The van der Waals surface area contributed by atoms with E-state index in [0.717, 1.165) is 44.9 Å². The normalized spacial score (nSPS) is 22.5. The summed E-state index contributed by atoms with van der Waals surface area (Å²) < 4.78 is 11.5. The third-order valence-electron chi connectivity index (χ3n) is 5.19. The van der Waals surface area contributed by atoms with Crippen LogP contribution < -0.4 is 5.73 Å². The van der Waals surface area contributed by atoms with Crippen LogP contribution in [0.5, 0.6) is 0 Å². The molecule has 0 heterocycles. The molecule has 0 bridgehead atoms. The first kappa shape index (κ1) is 27.1. The van der Waals surface area contributed by atoms with E-state index in [-0.39, 0.29) is 7.33 Å². The molecule has 0 aromatic rings. The molecule has 28 heavy (non-hydrogen) atoms. The Kier molecular flexibility index (Phi) is 16.4. The van der Waals surface area contributed by atoms with Crippen LogP contribution in [0.3, 0.4) is 0 Å². The number of carbonyl (C=O) groups excluding carboxylic acids is 2. The van der Waals surface area contributed by atoms with Crippen LogP contribution in [-0.2, 0) is 19.1 Å². The molecule has 2 aliphatic carbocycles. The van der Waals surface area contributed by atoms with Gasteiger partial charge in [-0.25, -0.2) is 0 Å². The molecule has 0 unspecified atom stereocenters. The first-order valence-corrected chi connectivity index (χ1v) is 11.4. The summed E-state index contributed by atoms with van der Waals surface area (Å²) >= 11 is 0. The van der Waals surface area contributed by atoms with Gasteiger partial charge in [0.05, 0.1) is 18.3 Å². The lowest BCUT2D eigenvalue weighted by atomic mass is 9.87. The molecule has 0 atom stereocenters. The van der Waals surface area contributed by atoms with Crippen LogP contribution in [0.2, 0.25) is 0 Å². The van der Waals surface area contributed by atoms with E-state index in [1.807, 2.05) is 13.8 Å². The highest BCUT2D eigenvalue weighted by Gasteiger charge is 2.22. The highest BCUT2D eigenvalue weighted by molar-refractivity contribution is 5.78. The Morgan fingerprint density at radius 1 is 0.964 bits per heavy atom.